The van der Waals surface area contributed by atoms with Gasteiger partial charge in [-0.3, -0.25) is 9.79 Å². The lowest BCUT2D eigenvalue weighted by Gasteiger charge is -2.22. The minimum Gasteiger partial charge on any atom is -0.511 e. The molecule has 2 unspecified atom stereocenters. The maximum atomic E-state index is 12.5. The van der Waals surface area contributed by atoms with Gasteiger partial charge in [-0.2, -0.15) is 0 Å². The molecule has 144 valence electrons. The first-order valence-corrected chi connectivity index (χ1v) is 9.28. The highest BCUT2D eigenvalue weighted by Gasteiger charge is 2.28. The van der Waals surface area contributed by atoms with Gasteiger partial charge < -0.3 is 9.84 Å². The van der Waals surface area contributed by atoms with E-state index in [9.17, 15) is 14.7 Å². The smallest absolute Gasteiger partial charge is 0.330 e. The molecule has 1 aliphatic rings. The third-order valence-electron chi connectivity index (χ3n) is 4.75. The molecule has 0 heterocycles. The number of esters is 1. The lowest BCUT2D eigenvalue weighted by atomic mass is 9.83. The zero-order valence-electron chi connectivity index (χ0n) is 15.7. The maximum Gasteiger partial charge on any atom is 0.330 e. The molecule has 2 aromatic carbocycles. The summed E-state index contributed by atoms with van der Waals surface area (Å²) in [6.07, 6.45) is 1.99. The van der Waals surface area contributed by atoms with Crippen LogP contribution in [0.2, 0.25) is 0 Å². The molecule has 1 aliphatic carbocycles. The Morgan fingerprint density at radius 1 is 1.14 bits per heavy atom. The first kappa shape index (κ1) is 19.5. The normalized spacial score (nSPS) is 18.3. The van der Waals surface area contributed by atoms with Crippen LogP contribution in [0.25, 0.3) is 0 Å². The number of aliphatic hydroxyl groups is 1. The molecule has 0 spiro atoms. The number of ether oxygens (including phenoxy) is 1. The number of rotatable bonds is 6. The van der Waals surface area contributed by atoms with E-state index in [0.717, 1.165) is 11.1 Å². The van der Waals surface area contributed by atoms with Gasteiger partial charge in [-0.25, -0.2) is 4.79 Å². The van der Waals surface area contributed by atoms with Gasteiger partial charge in [0.2, 0.25) is 0 Å². The molecule has 0 amide bonds. The molecular formula is C23H23NO4. The zero-order chi connectivity index (χ0) is 19.9. The summed E-state index contributed by atoms with van der Waals surface area (Å²) in [5.41, 5.74) is 2.09. The van der Waals surface area contributed by atoms with Crippen LogP contribution in [-0.2, 0) is 20.9 Å². The molecule has 5 nitrogen and oxygen atoms in total. The average Bonchev–Trinajstić information content (AvgIpc) is 2.72. The summed E-state index contributed by atoms with van der Waals surface area (Å²) in [6, 6.07) is 18.3. The summed E-state index contributed by atoms with van der Waals surface area (Å²) in [7, 11) is 0. The van der Waals surface area contributed by atoms with Crippen LogP contribution in [0.4, 0.5) is 0 Å². The van der Waals surface area contributed by atoms with Gasteiger partial charge in [0.05, 0.1) is 5.57 Å². The Labute approximate surface area is 164 Å². The van der Waals surface area contributed by atoms with E-state index in [-0.39, 0.29) is 29.6 Å². The number of hydrogen-bond donors (Lipinski definition) is 1. The Bertz CT molecular complexity index is 887. The SMILES string of the molecule is CC(N=CC1=C(O)CC(c2ccccc2)CC1=O)C(=O)OCc1ccccc1. The Hall–Kier alpha value is -3.21. The Morgan fingerprint density at radius 3 is 2.43 bits per heavy atom. The first-order chi connectivity index (χ1) is 13.5. The quantitative estimate of drug-likeness (QED) is 0.606. The van der Waals surface area contributed by atoms with Crippen LogP contribution in [0.15, 0.2) is 77.0 Å². The van der Waals surface area contributed by atoms with Crippen molar-refractivity contribution in [1.82, 2.24) is 0 Å². The number of ketones is 1. The summed E-state index contributed by atoms with van der Waals surface area (Å²) >= 11 is 0. The molecule has 0 fully saturated rings. The predicted molar refractivity (Wildman–Crippen MR) is 107 cm³/mol. The Kier molecular flexibility index (Phi) is 6.37. The monoisotopic (exact) mass is 377 g/mol. The van der Waals surface area contributed by atoms with Gasteiger partial charge in [-0.1, -0.05) is 60.7 Å². The highest BCUT2D eigenvalue weighted by atomic mass is 16.5. The van der Waals surface area contributed by atoms with Gasteiger partial charge in [0.25, 0.3) is 0 Å². The molecule has 1 N–H and O–H groups in total. The molecule has 0 radical (unpaired) electrons. The van der Waals surface area contributed by atoms with Crippen molar-refractivity contribution >= 4 is 18.0 Å². The summed E-state index contributed by atoms with van der Waals surface area (Å²) in [5.74, 6) is -0.686. The second-order valence-corrected chi connectivity index (χ2v) is 6.85. The summed E-state index contributed by atoms with van der Waals surface area (Å²) in [5, 5.41) is 10.3. The number of hydrogen-bond acceptors (Lipinski definition) is 5. The van der Waals surface area contributed by atoms with Crippen molar-refractivity contribution < 1.29 is 19.4 Å². The fraction of sp³-hybridized carbons (Fsp3) is 0.261. The van der Waals surface area contributed by atoms with Gasteiger partial charge in [-0.15, -0.1) is 0 Å². The molecule has 0 saturated carbocycles. The molecule has 0 saturated heterocycles. The van der Waals surface area contributed by atoms with E-state index in [1.54, 1.807) is 6.92 Å². The molecule has 5 heteroatoms. The van der Waals surface area contributed by atoms with Gasteiger partial charge in [0.1, 0.15) is 18.4 Å². The fourth-order valence-electron chi connectivity index (χ4n) is 3.11. The van der Waals surface area contributed by atoms with Crippen LogP contribution < -0.4 is 0 Å². The molecular weight excluding hydrogens is 354 g/mol. The van der Waals surface area contributed by atoms with E-state index in [0.29, 0.717) is 12.8 Å². The lowest BCUT2D eigenvalue weighted by molar-refractivity contribution is -0.146. The molecule has 2 atom stereocenters. The third-order valence-corrected chi connectivity index (χ3v) is 4.75. The van der Waals surface area contributed by atoms with E-state index in [1.165, 1.54) is 6.21 Å². The van der Waals surface area contributed by atoms with Crippen molar-refractivity contribution in [2.75, 3.05) is 0 Å². The van der Waals surface area contributed by atoms with Crippen LogP contribution in [0.5, 0.6) is 0 Å². The van der Waals surface area contributed by atoms with E-state index < -0.39 is 12.0 Å². The number of Topliss-reactive ketones (excluding diaryl/α,β-unsaturated/α-hetero) is 1. The Morgan fingerprint density at radius 2 is 1.79 bits per heavy atom. The summed E-state index contributed by atoms with van der Waals surface area (Å²) in [6.45, 7) is 1.77. The molecule has 0 aliphatic heterocycles. The topological polar surface area (TPSA) is 76.0 Å². The van der Waals surface area contributed by atoms with Gasteiger partial charge in [0, 0.05) is 19.1 Å². The lowest BCUT2D eigenvalue weighted by Crippen LogP contribution is -2.21. The van der Waals surface area contributed by atoms with E-state index >= 15 is 0 Å². The van der Waals surface area contributed by atoms with Crippen molar-refractivity contribution in [3.63, 3.8) is 0 Å². The van der Waals surface area contributed by atoms with Crippen molar-refractivity contribution in [2.45, 2.75) is 38.3 Å². The van der Waals surface area contributed by atoms with Crippen molar-refractivity contribution in [2.24, 2.45) is 4.99 Å². The van der Waals surface area contributed by atoms with E-state index in [2.05, 4.69) is 4.99 Å². The largest absolute Gasteiger partial charge is 0.511 e. The Balaban J connectivity index is 1.60. The van der Waals surface area contributed by atoms with Crippen molar-refractivity contribution in [3.8, 4) is 0 Å². The van der Waals surface area contributed by atoms with Gasteiger partial charge >= 0.3 is 5.97 Å². The number of carbonyl (C=O) groups excluding carboxylic acids is 2. The number of aliphatic imine (C=N–C) groups is 1. The van der Waals surface area contributed by atoms with Crippen LogP contribution in [0, 0.1) is 0 Å². The van der Waals surface area contributed by atoms with Crippen LogP contribution in [0.1, 0.15) is 36.8 Å². The highest BCUT2D eigenvalue weighted by Crippen LogP contribution is 2.32. The molecule has 0 aromatic heterocycles. The maximum absolute atomic E-state index is 12.5. The number of benzene rings is 2. The van der Waals surface area contributed by atoms with Crippen LogP contribution in [0.3, 0.4) is 0 Å². The van der Waals surface area contributed by atoms with Crippen LogP contribution in [-0.4, -0.2) is 29.1 Å². The molecule has 3 rings (SSSR count). The van der Waals surface area contributed by atoms with E-state index in [4.69, 9.17) is 4.74 Å². The number of nitrogens with zero attached hydrogens (tertiary/aromatic N) is 1. The van der Waals surface area contributed by atoms with E-state index in [1.807, 2.05) is 60.7 Å². The summed E-state index contributed by atoms with van der Waals surface area (Å²) in [4.78, 5) is 28.7. The molecule has 28 heavy (non-hydrogen) atoms. The fourth-order valence-corrected chi connectivity index (χ4v) is 3.11. The minimum atomic E-state index is -0.761. The average molecular weight is 377 g/mol. The van der Waals surface area contributed by atoms with Crippen LogP contribution >= 0.6 is 0 Å². The van der Waals surface area contributed by atoms with Crippen molar-refractivity contribution in [3.05, 3.63) is 83.1 Å². The number of aliphatic hydroxyl groups excluding tert-OH is 1. The second-order valence-electron chi connectivity index (χ2n) is 6.85. The molecule has 0 bridgehead atoms. The van der Waals surface area contributed by atoms with Gasteiger partial charge in [-0.05, 0) is 24.0 Å². The molecule has 2 aromatic rings. The zero-order valence-corrected chi connectivity index (χ0v) is 15.7. The summed E-state index contributed by atoms with van der Waals surface area (Å²) < 4.78 is 5.24. The minimum absolute atomic E-state index is 0.0127. The van der Waals surface area contributed by atoms with Gasteiger partial charge in [0.15, 0.2) is 5.78 Å². The number of carbonyl (C=O) groups is 2. The van der Waals surface area contributed by atoms with Crippen molar-refractivity contribution in [1.29, 1.82) is 0 Å². The number of allylic oxidation sites excluding steroid dienone is 2. The highest BCUT2D eigenvalue weighted by molar-refractivity contribution is 6.14. The standard InChI is InChI=1S/C23H23NO4/c1-16(23(27)28-15-17-8-4-2-5-9-17)24-14-20-21(25)12-19(13-22(20)26)18-10-6-3-7-11-18/h2-11,14,16,19,25H,12-13,15H2,1H3. The second kappa shape index (κ2) is 9.13. The first-order valence-electron chi connectivity index (χ1n) is 9.28. The third kappa shape index (κ3) is 4.94. The predicted octanol–water partition coefficient (Wildman–Crippen LogP) is 4.15.